The van der Waals surface area contributed by atoms with Gasteiger partial charge in [-0.25, -0.2) is 4.98 Å². The molecule has 0 aromatic carbocycles. The van der Waals surface area contributed by atoms with Crippen LogP contribution in [0, 0.1) is 5.92 Å². The van der Waals surface area contributed by atoms with Crippen molar-refractivity contribution in [1.29, 1.82) is 0 Å². The summed E-state index contributed by atoms with van der Waals surface area (Å²) >= 11 is 1.73. The van der Waals surface area contributed by atoms with Crippen molar-refractivity contribution in [3.63, 3.8) is 0 Å². The van der Waals surface area contributed by atoms with Gasteiger partial charge in [0.05, 0.1) is 12.0 Å². The summed E-state index contributed by atoms with van der Waals surface area (Å²) in [6, 6.07) is 6.09. The fourth-order valence-electron chi connectivity index (χ4n) is 4.64. The summed E-state index contributed by atoms with van der Waals surface area (Å²) in [7, 11) is 1.83. The molecule has 33 heavy (non-hydrogen) atoms. The first kappa shape index (κ1) is 22.5. The number of nitrogens with zero attached hydrogens (tertiary/aromatic N) is 3. The Morgan fingerprint density at radius 3 is 3.00 bits per heavy atom. The van der Waals surface area contributed by atoms with E-state index in [4.69, 9.17) is 9.47 Å². The van der Waals surface area contributed by atoms with Crippen LogP contribution in [0.4, 0.5) is 0 Å². The van der Waals surface area contributed by atoms with E-state index in [1.807, 2.05) is 25.4 Å². The highest BCUT2D eigenvalue weighted by Crippen LogP contribution is 2.34. The molecular formula is C25H32N4O3S. The molecule has 1 N–H and O–H groups in total. The second-order valence-corrected chi connectivity index (χ2v) is 10.2. The number of nitrogens with one attached hydrogen (secondary N) is 1. The highest BCUT2D eigenvalue weighted by Gasteiger charge is 2.18. The molecule has 8 heteroatoms. The largest absolute Gasteiger partial charge is 0.477 e. The second kappa shape index (κ2) is 10.3. The summed E-state index contributed by atoms with van der Waals surface area (Å²) in [5, 5.41) is 4.25. The second-order valence-electron chi connectivity index (χ2n) is 9.04. The Labute approximate surface area is 198 Å². The Morgan fingerprint density at radius 1 is 1.24 bits per heavy atom. The van der Waals surface area contributed by atoms with Crippen LogP contribution in [0.1, 0.15) is 24.1 Å². The highest BCUT2D eigenvalue weighted by atomic mass is 32.1. The molecule has 5 heterocycles. The van der Waals surface area contributed by atoms with Crippen molar-refractivity contribution in [3.05, 3.63) is 45.8 Å². The van der Waals surface area contributed by atoms with Gasteiger partial charge in [0, 0.05) is 73.5 Å². The Hall–Kier alpha value is -2.26. The lowest BCUT2D eigenvalue weighted by atomic mass is 10.0. The number of aromatic nitrogens is 2. The van der Waals surface area contributed by atoms with Crippen molar-refractivity contribution in [2.75, 3.05) is 46.0 Å². The summed E-state index contributed by atoms with van der Waals surface area (Å²) in [4.78, 5) is 21.1. The van der Waals surface area contributed by atoms with E-state index >= 15 is 0 Å². The zero-order valence-corrected chi connectivity index (χ0v) is 20.0. The number of ether oxygens (including phenoxy) is 2. The lowest BCUT2D eigenvalue weighted by Gasteiger charge is -2.21. The molecule has 0 unspecified atom stereocenters. The van der Waals surface area contributed by atoms with Crippen LogP contribution < -0.4 is 15.6 Å². The highest BCUT2D eigenvalue weighted by molar-refractivity contribution is 7.19. The lowest BCUT2D eigenvalue weighted by Crippen LogP contribution is -2.27. The van der Waals surface area contributed by atoms with Gasteiger partial charge in [0.15, 0.2) is 0 Å². The third-order valence-electron chi connectivity index (χ3n) is 6.57. The molecule has 0 amide bonds. The molecule has 2 fully saturated rings. The van der Waals surface area contributed by atoms with Crippen LogP contribution >= 0.6 is 11.3 Å². The predicted molar refractivity (Wildman–Crippen MR) is 132 cm³/mol. The third kappa shape index (κ3) is 5.30. The third-order valence-corrected chi connectivity index (χ3v) is 7.72. The number of rotatable bonds is 6. The van der Waals surface area contributed by atoms with Crippen molar-refractivity contribution in [2.45, 2.75) is 25.8 Å². The lowest BCUT2D eigenvalue weighted by molar-refractivity contribution is 0.0490. The predicted octanol–water partition coefficient (Wildman–Crippen LogP) is 3.26. The van der Waals surface area contributed by atoms with Crippen LogP contribution in [0.15, 0.2) is 35.4 Å². The van der Waals surface area contributed by atoms with Crippen molar-refractivity contribution in [2.24, 2.45) is 13.0 Å². The molecular weight excluding hydrogens is 436 g/mol. The SMILES string of the molecule is Cn1cc(-c2ccnc(OCC3CCOCC3)c2)c2sc(CN3CCCNCC3)cc2c1=O. The fraction of sp³-hybridized carbons (Fsp3) is 0.520. The first-order valence-corrected chi connectivity index (χ1v) is 12.7. The van der Waals surface area contributed by atoms with Gasteiger partial charge in [-0.1, -0.05) is 0 Å². The smallest absolute Gasteiger partial charge is 0.259 e. The van der Waals surface area contributed by atoms with Gasteiger partial charge in [-0.3, -0.25) is 9.69 Å². The first-order valence-electron chi connectivity index (χ1n) is 11.9. The topological polar surface area (TPSA) is 68.6 Å². The Balaban J connectivity index is 1.41. The molecule has 3 aromatic rings. The Kier molecular flexibility index (Phi) is 7.06. The Bertz CT molecular complexity index is 1140. The van der Waals surface area contributed by atoms with E-state index in [1.54, 1.807) is 22.1 Å². The van der Waals surface area contributed by atoms with E-state index in [0.717, 1.165) is 86.4 Å². The number of thiophene rings is 1. The summed E-state index contributed by atoms with van der Waals surface area (Å²) in [5.74, 6) is 1.15. The minimum Gasteiger partial charge on any atom is -0.477 e. The molecule has 5 rings (SSSR count). The summed E-state index contributed by atoms with van der Waals surface area (Å²) in [6.45, 7) is 7.40. The van der Waals surface area contributed by atoms with E-state index in [9.17, 15) is 4.79 Å². The molecule has 2 saturated heterocycles. The summed E-state index contributed by atoms with van der Waals surface area (Å²) in [6.07, 6.45) is 6.96. The van der Waals surface area contributed by atoms with E-state index in [1.165, 1.54) is 4.88 Å². The minimum absolute atomic E-state index is 0.0545. The molecule has 0 atom stereocenters. The van der Waals surface area contributed by atoms with Crippen LogP contribution in [0.5, 0.6) is 5.88 Å². The molecule has 176 valence electrons. The zero-order valence-electron chi connectivity index (χ0n) is 19.2. The molecule has 0 radical (unpaired) electrons. The molecule has 0 saturated carbocycles. The molecule has 2 aliphatic heterocycles. The average Bonchev–Trinajstić information content (AvgIpc) is 3.09. The van der Waals surface area contributed by atoms with Gasteiger partial charge in [-0.2, -0.15) is 0 Å². The Morgan fingerprint density at radius 2 is 2.12 bits per heavy atom. The van der Waals surface area contributed by atoms with Crippen LogP contribution in [0.2, 0.25) is 0 Å². The number of hydrogen-bond acceptors (Lipinski definition) is 7. The van der Waals surface area contributed by atoms with Gasteiger partial charge in [0.25, 0.3) is 5.56 Å². The van der Waals surface area contributed by atoms with Gasteiger partial charge in [-0.15, -0.1) is 11.3 Å². The maximum absolute atomic E-state index is 12.9. The molecule has 3 aromatic heterocycles. The van der Waals surface area contributed by atoms with Crippen LogP contribution in [-0.2, 0) is 18.3 Å². The number of hydrogen-bond donors (Lipinski definition) is 1. The first-order chi connectivity index (χ1) is 16.2. The van der Waals surface area contributed by atoms with E-state index in [-0.39, 0.29) is 5.56 Å². The van der Waals surface area contributed by atoms with Crippen molar-refractivity contribution >= 4 is 21.4 Å². The molecule has 0 bridgehead atoms. The molecule has 7 nitrogen and oxygen atoms in total. The minimum atomic E-state index is 0.0545. The molecule has 0 spiro atoms. The average molecular weight is 469 g/mol. The zero-order chi connectivity index (χ0) is 22.6. The van der Waals surface area contributed by atoms with Crippen molar-refractivity contribution < 1.29 is 9.47 Å². The van der Waals surface area contributed by atoms with Gasteiger partial charge < -0.3 is 19.4 Å². The van der Waals surface area contributed by atoms with Crippen molar-refractivity contribution in [1.82, 2.24) is 19.8 Å². The number of pyridine rings is 2. The normalized spacial score (nSPS) is 18.5. The van der Waals surface area contributed by atoms with Crippen LogP contribution in [-0.4, -0.2) is 60.5 Å². The molecule has 2 aliphatic rings. The number of fused-ring (bicyclic) bond motifs is 1. The standard InChI is InChI=1S/C25H32N4O3S/c1-28-16-22(19-3-7-27-23(13-19)32-17-18-4-11-31-12-5-18)24-21(25(28)30)14-20(33-24)15-29-9-2-6-26-8-10-29/h3,7,13-14,16,18,26H,2,4-6,8-12,15,17H2,1H3. The van der Waals surface area contributed by atoms with E-state index in [2.05, 4.69) is 21.3 Å². The fourth-order valence-corrected chi connectivity index (χ4v) is 5.86. The van der Waals surface area contributed by atoms with Crippen LogP contribution in [0.25, 0.3) is 21.2 Å². The monoisotopic (exact) mass is 468 g/mol. The van der Waals surface area contributed by atoms with Crippen LogP contribution in [0.3, 0.4) is 0 Å². The van der Waals surface area contributed by atoms with Gasteiger partial charge in [0.1, 0.15) is 0 Å². The van der Waals surface area contributed by atoms with Gasteiger partial charge >= 0.3 is 0 Å². The van der Waals surface area contributed by atoms with E-state index in [0.29, 0.717) is 18.4 Å². The van der Waals surface area contributed by atoms with E-state index < -0.39 is 0 Å². The van der Waals surface area contributed by atoms with Gasteiger partial charge in [0.2, 0.25) is 5.88 Å². The van der Waals surface area contributed by atoms with Crippen molar-refractivity contribution in [3.8, 4) is 17.0 Å². The van der Waals surface area contributed by atoms with Gasteiger partial charge in [-0.05, 0) is 56.0 Å². The quantitative estimate of drug-likeness (QED) is 0.599. The maximum Gasteiger partial charge on any atom is 0.259 e. The maximum atomic E-state index is 12.9. The number of aryl methyl sites for hydroxylation is 1. The molecule has 0 aliphatic carbocycles. The summed E-state index contributed by atoms with van der Waals surface area (Å²) in [5.41, 5.74) is 2.14. The summed E-state index contributed by atoms with van der Waals surface area (Å²) < 4.78 is 14.2.